The van der Waals surface area contributed by atoms with Gasteiger partial charge in [-0.1, -0.05) is 36.4 Å². The number of sulfonamides is 1. The highest BCUT2D eigenvalue weighted by Gasteiger charge is 2.38. The highest BCUT2D eigenvalue weighted by Crippen LogP contribution is 2.50. The predicted molar refractivity (Wildman–Crippen MR) is 116 cm³/mol. The normalized spacial score (nSPS) is 21.8. The van der Waals surface area contributed by atoms with Crippen molar-refractivity contribution in [3.8, 4) is 0 Å². The minimum Gasteiger partial charge on any atom is -0.378 e. The Hall–Kier alpha value is -3.19. The minimum atomic E-state index is -3.95. The molecule has 1 aliphatic carbocycles. The third-order valence-electron chi connectivity index (χ3n) is 5.99. The number of rotatable bonds is 4. The Labute approximate surface area is 179 Å². The molecule has 0 fully saturated rings. The van der Waals surface area contributed by atoms with Gasteiger partial charge in [0.2, 0.25) is 0 Å². The number of allylic oxidation sites excluding steroid dienone is 2. The maximum absolute atomic E-state index is 13.9. The molecule has 0 amide bonds. The fraction of sp³-hybridized carbons (Fsp3) is 0.167. The van der Waals surface area contributed by atoms with Crippen LogP contribution in [0.1, 0.15) is 29.5 Å². The first-order valence-electron chi connectivity index (χ1n) is 10.0. The van der Waals surface area contributed by atoms with Crippen molar-refractivity contribution in [1.82, 2.24) is 0 Å². The molecular weight excluding hydrogens is 418 g/mol. The van der Waals surface area contributed by atoms with Crippen LogP contribution in [0.15, 0.2) is 83.8 Å². The monoisotopic (exact) mass is 438 g/mol. The summed E-state index contributed by atoms with van der Waals surface area (Å²) in [6.45, 7) is 0. The van der Waals surface area contributed by atoms with E-state index in [9.17, 15) is 17.2 Å². The maximum atomic E-state index is 13.9. The first-order chi connectivity index (χ1) is 14.9. The van der Waals surface area contributed by atoms with Gasteiger partial charge in [-0.05, 0) is 65.9 Å². The lowest BCUT2D eigenvalue weighted by Gasteiger charge is -2.37. The molecule has 5 rings (SSSR count). The average molecular weight is 438 g/mol. The fourth-order valence-electron chi connectivity index (χ4n) is 4.49. The van der Waals surface area contributed by atoms with E-state index in [1.807, 2.05) is 0 Å². The molecule has 0 saturated carbocycles. The van der Waals surface area contributed by atoms with E-state index in [1.54, 1.807) is 30.3 Å². The van der Waals surface area contributed by atoms with Gasteiger partial charge in [-0.3, -0.25) is 4.72 Å². The summed E-state index contributed by atoms with van der Waals surface area (Å²) in [5.41, 5.74) is 2.62. The second-order valence-corrected chi connectivity index (χ2v) is 9.54. The maximum Gasteiger partial charge on any atom is 0.261 e. The SMILES string of the molecule is O=S(=O)(Nc1ccccc1F)c1ccc2c(c1)[C@H]1C=CC[C@H]1[C@@H](c1ccc(F)cc1)N2. The van der Waals surface area contributed by atoms with Crippen LogP contribution in [0.5, 0.6) is 0 Å². The largest absolute Gasteiger partial charge is 0.378 e. The van der Waals surface area contributed by atoms with Crippen molar-refractivity contribution < 1.29 is 17.2 Å². The minimum absolute atomic E-state index is 0.00732. The van der Waals surface area contributed by atoms with Crippen LogP contribution in [0, 0.1) is 17.6 Å². The van der Waals surface area contributed by atoms with Crippen molar-refractivity contribution >= 4 is 21.4 Å². The second kappa shape index (κ2) is 7.50. The van der Waals surface area contributed by atoms with Crippen LogP contribution >= 0.6 is 0 Å². The molecule has 0 unspecified atom stereocenters. The van der Waals surface area contributed by atoms with E-state index in [0.717, 1.165) is 23.2 Å². The fourth-order valence-corrected chi connectivity index (χ4v) is 5.59. The van der Waals surface area contributed by atoms with Crippen LogP contribution in [0.25, 0.3) is 0 Å². The zero-order chi connectivity index (χ0) is 21.6. The molecule has 31 heavy (non-hydrogen) atoms. The van der Waals surface area contributed by atoms with Gasteiger partial charge in [0.25, 0.3) is 10.0 Å². The highest BCUT2D eigenvalue weighted by atomic mass is 32.2. The molecule has 2 aliphatic rings. The van der Waals surface area contributed by atoms with Crippen LogP contribution in [0.2, 0.25) is 0 Å². The van der Waals surface area contributed by atoms with Crippen LogP contribution in [0.4, 0.5) is 20.2 Å². The zero-order valence-electron chi connectivity index (χ0n) is 16.4. The van der Waals surface area contributed by atoms with E-state index in [-0.39, 0.29) is 34.3 Å². The summed E-state index contributed by atoms with van der Waals surface area (Å²) < 4.78 is 55.5. The van der Waals surface area contributed by atoms with Crippen molar-refractivity contribution in [2.24, 2.45) is 5.92 Å². The van der Waals surface area contributed by atoms with Gasteiger partial charge >= 0.3 is 0 Å². The number of hydrogen-bond donors (Lipinski definition) is 2. The van der Waals surface area contributed by atoms with E-state index < -0.39 is 15.8 Å². The molecule has 3 atom stereocenters. The molecule has 1 heterocycles. The molecule has 0 aromatic heterocycles. The van der Waals surface area contributed by atoms with Gasteiger partial charge in [0.1, 0.15) is 11.6 Å². The Morgan fingerprint density at radius 2 is 1.74 bits per heavy atom. The van der Waals surface area contributed by atoms with Crippen molar-refractivity contribution in [3.05, 3.63) is 102 Å². The third kappa shape index (κ3) is 3.59. The Morgan fingerprint density at radius 3 is 2.52 bits per heavy atom. The van der Waals surface area contributed by atoms with E-state index in [4.69, 9.17) is 0 Å². The Balaban J connectivity index is 1.50. The first-order valence-corrected chi connectivity index (χ1v) is 11.5. The number of halogens is 2. The molecule has 4 nitrogen and oxygen atoms in total. The number of anilines is 2. The standard InChI is InChI=1S/C24H20F2N2O2S/c25-16-10-8-15(9-11-16)24-19-5-3-4-18(19)20-14-17(12-13-22(20)27-24)31(29,30)28-23-7-2-1-6-21(23)26/h1-4,6-14,18-19,24,27-28H,5H2/t18-,19+,24+/m0/s1. The van der Waals surface area contributed by atoms with Crippen molar-refractivity contribution in [3.63, 3.8) is 0 Å². The lowest BCUT2D eigenvalue weighted by Crippen LogP contribution is -2.29. The molecular formula is C24H20F2N2O2S. The molecule has 0 saturated heterocycles. The van der Waals surface area contributed by atoms with Gasteiger partial charge in [0.15, 0.2) is 0 Å². The molecule has 3 aromatic carbocycles. The summed E-state index contributed by atoms with van der Waals surface area (Å²) in [5, 5.41) is 3.50. The molecule has 1 aliphatic heterocycles. The Bertz CT molecular complexity index is 1270. The number of para-hydroxylation sites is 1. The molecule has 0 spiro atoms. The summed E-state index contributed by atoms with van der Waals surface area (Å²) in [7, 11) is -3.95. The van der Waals surface area contributed by atoms with Crippen molar-refractivity contribution in [2.45, 2.75) is 23.3 Å². The molecule has 2 N–H and O–H groups in total. The van der Waals surface area contributed by atoms with E-state index in [2.05, 4.69) is 22.2 Å². The van der Waals surface area contributed by atoms with Gasteiger partial charge in [-0.25, -0.2) is 17.2 Å². The summed E-state index contributed by atoms with van der Waals surface area (Å²) in [6.07, 6.45) is 5.03. The first kappa shape index (κ1) is 19.8. The second-order valence-electron chi connectivity index (χ2n) is 7.86. The lowest BCUT2D eigenvalue weighted by atomic mass is 9.77. The lowest BCUT2D eigenvalue weighted by molar-refractivity contribution is 0.424. The molecule has 0 radical (unpaired) electrons. The summed E-state index contributed by atoms with van der Waals surface area (Å²) >= 11 is 0. The van der Waals surface area contributed by atoms with Gasteiger partial charge < -0.3 is 5.32 Å². The quantitative estimate of drug-likeness (QED) is 0.522. The van der Waals surface area contributed by atoms with Crippen molar-refractivity contribution in [2.75, 3.05) is 10.0 Å². The number of hydrogen-bond acceptors (Lipinski definition) is 3. The number of nitrogens with one attached hydrogen (secondary N) is 2. The van der Waals surface area contributed by atoms with Crippen LogP contribution in [-0.4, -0.2) is 8.42 Å². The summed E-state index contributed by atoms with van der Waals surface area (Å²) in [4.78, 5) is 0.0792. The van der Waals surface area contributed by atoms with Gasteiger partial charge in [0.05, 0.1) is 16.6 Å². The van der Waals surface area contributed by atoms with Crippen LogP contribution < -0.4 is 10.0 Å². The molecule has 0 bridgehead atoms. The van der Waals surface area contributed by atoms with E-state index in [0.29, 0.717) is 0 Å². The smallest absolute Gasteiger partial charge is 0.261 e. The highest BCUT2D eigenvalue weighted by molar-refractivity contribution is 7.92. The van der Waals surface area contributed by atoms with Gasteiger partial charge in [-0.15, -0.1) is 0 Å². The van der Waals surface area contributed by atoms with E-state index >= 15 is 0 Å². The Kier molecular flexibility index (Phi) is 4.78. The molecule has 7 heteroatoms. The number of benzene rings is 3. The summed E-state index contributed by atoms with van der Waals surface area (Å²) in [6, 6.07) is 17.0. The number of fused-ring (bicyclic) bond motifs is 3. The van der Waals surface area contributed by atoms with Crippen LogP contribution in [-0.2, 0) is 10.0 Å². The van der Waals surface area contributed by atoms with Gasteiger partial charge in [0, 0.05) is 11.6 Å². The van der Waals surface area contributed by atoms with E-state index in [1.165, 1.54) is 36.4 Å². The molecule has 158 valence electrons. The third-order valence-corrected chi connectivity index (χ3v) is 7.36. The summed E-state index contributed by atoms with van der Waals surface area (Å²) in [5.74, 6) is -0.685. The predicted octanol–water partition coefficient (Wildman–Crippen LogP) is 5.59. The topological polar surface area (TPSA) is 58.2 Å². The zero-order valence-corrected chi connectivity index (χ0v) is 17.2. The Morgan fingerprint density at radius 1 is 0.968 bits per heavy atom. The average Bonchev–Trinajstić information content (AvgIpc) is 3.25. The molecule has 3 aromatic rings. The van der Waals surface area contributed by atoms with Crippen LogP contribution in [0.3, 0.4) is 0 Å². The van der Waals surface area contributed by atoms with Gasteiger partial charge in [-0.2, -0.15) is 0 Å². The van der Waals surface area contributed by atoms with Crippen molar-refractivity contribution in [1.29, 1.82) is 0 Å².